The molecule has 2 heterocycles. The second-order valence-corrected chi connectivity index (χ2v) is 7.64. The van der Waals surface area contributed by atoms with E-state index >= 15 is 0 Å². The molecule has 1 N–H and O–H groups in total. The van der Waals surface area contributed by atoms with Crippen LogP contribution >= 0.6 is 11.8 Å². The maximum absolute atomic E-state index is 12.7. The van der Waals surface area contributed by atoms with Crippen LogP contribution in [-0.4, -0.2) is 65.5 Å². The van der Waals surface area contributed by atoms with Gasteiger partial charge in [0.1, 0.15) is 6.04 Å². The van der Waals surface area contributed by atoms with E-state index in [-0.39, 0.29) is 23.9 Å². The Labute approximate surface area is 125 Å². The minimum atomic E-state index is -0.434. The summed E-state index contributed by atoms with van der Waals surface area (Å²) in [5, 5.41) is 3.28. The SMILES string of the molecule is CN(C(=O)C1CSCN1C(=O)C(C)(C)C)C1CCNC1. The highest BCUT2D eigenvalue weighted by atomic mass is 32.2. The molecule has 2 rings (SSSR count). The van der Waals surface area contributed by atoms with Crippen molar-refractivity contribution in [2.75, 3.05) is 31.8 Å². The van der Waals surface area contributed by atoms with E-state index in [0.717, 1.165) is 19.5 Å². The van der Waals surface area contributed by atoms with E-state index in [1.54, 1.807) is 16.7 Å². The number of nitrogens with one attached hydrogen (secondary N) is 1. The molecule has 0 aromatic rings. The number of amides is 2. The number of carbonyl (C=O) groups excluding carboxylic acids is 2. The standard InChI is InChI=1S/C14H25N3O2S/c1-14(2,3)13(19)17-9-20-8-11(17)12(18)16(4)10-5-6-15-7-10/h10-11,15H,5-9H2,1-4H3. The van der Waals surface area contributed by atoms with E-state index in [9.17, 15) is 9.59 Å². The van der Waals surface area contributed by atoms with E-state index in [0.29, 0.717) is 11.6 Å². The van der Waals surface area contributed by atoms with E-state index < -0.39 is 5.41 Å². The zero-order valence-electron chi connectivity index (χ0n) is 12.8. The second-order valence-electron chi connectivity index (χ2n) is 6.64. The van der Waals surface area contributed by atoms with Gasteiger partial charge < -0.3 is 15.1 Å². The van der Waals surface area contributed by atoms with Crippen LogP contribution < -0.4 is 5.32 Å². The zero-order chi connectivity index (χ0) is 14.9. The largest absolute Gasteiger partial charge is 0.340 e. The van der Waals surface area contributed by atoms with Gasteiger partial charge in [-0.2, -0.15) is 0 Å². The van der Waals surface area contributed by atoms with Crippen LogP contribution in [0.5, 0.6) is 0 Å². The lowest BCUT2D eigenvalue weighted by atomic mass is 9.94. The highest BCUT2D eigenvalue weighted by Gasteiger charge is 2.41. The van der Waals surface area contributed by atoms with Crippen molar-refractivity contribution < 1.29 is 9.59 Å². The van der Waals surface area contributed by atoms with Crippen molar-refractivity contribution in [3.8, 4) is 0 Å². The topological polar surface area (TPSA) is 52.7 Å². The van der Waals surface area contributed by atoms with Crippen LogP contribution in [0.3, 0.4) is 0 Å². The minimum Gasteiger partial charge on any atom is -0.340 e. The Kier molecular flexibility index (Phi) is 4.64. The van der Waals surface area contributed by atoms with E-state index in [4.69, 9.17) is 0 Å². The van der Waals surface area contributed by atoms with Crippen molar-refractivity contribution >= 4 is 23.6 Å². The molecular formula is C14H25N3O2S. The van der Waals surface area contributed by atoms with Gasteiger partial charge in [0.05, 0.1) is 5.88 Å². The molecule has 0 aliphatic carbocycles. The Balaban J connectivity index is 2.06. The molecule has 2 atom stereocenters. The first-order valence-corrected chi connectivity index (χ1v) is 8.34. The minimum absolute atomic E-state index is 0.0683. The van der Waals surface area contributed by atoms with Gasteiger partial charge in [-0.3, -0.25) is 9.59 Å². The molecule has 2 aliphatic rings. The Bertz CT molecular complexity index is 388. The molecule has 114 valence electrons. The fraction of sp³-hybridized carbons (Fsp3) is 0.857. The molecule has 0 radical (unpaired) electrons. The van der Waals surface area contributed by atoms with Crippen LogP contribution in [0.1, 0.15) is 27.2 Å². The first kappa shape index (κ1) is 15.6. The summed E-state index contributed by atoms with van der Waals surface area (Å²) in [7, 11) is 1.86. The lowest BCUT2D eigenvalue weighted by Crippen LogP contribution is -2.53. The van der Waals surface area contributed by atoms with Crippen molar-refractivity contribution in [1.29, 1.82) is 0 Å². The predicted molar refractivity (Wildman–Crippen MR) is 81.5 cm³/mol. The maximum Gasteiger partial charge on any atom is 0.246 e. The zero-order valence-corrected chi connectivity index (χ0v) is 13.6. The van der Waals surface area contributed by atoms with Crippen LogP contribution in [0.4, 0.5) is 0 Å². The Morgan fingerprint density at radius 3 is 2.60 bits per heavy atom. The molecule has 2 aliphatic heterocycles. The van der Waals surface area contributed by atoms with Gasteiger partial charge in [0.2, 0.25) is 11.8 Å². The van der Waals surface area contributed by atoms with Crippen LogP contribution in [0.2, 0.25) is 0 Å². The van der Waals surface area contributed by atoms with Gasteiger partial charge in [-0.05, 0) is 13.0 Å². The van der Waals surface area contributed by atoms with Crippen molar-refractivity contribution in [2.24, 2.45) is 5.41 Å². The number of rotatable bonds is 2. The fourth-order valence-electron chi connectivity index (χ4n) is 2.66. The third-order valence-electron chi connectivity index (χ3n) is 4.00. The van der Waals surface area contributed by atoms with Gasteiger partial charge in [0.25, 0.3) is 0 Å². The summed E-state index contributed by atoms with van der Waals surface area (Å²) in [5.74, 6) is 1.49. The van der Waals surface area contributed by atoms with Crippen LogP contribution in [0.15, 0.2) is 0 Å². The van der Waals surface area contributed by atoms with Gasteiger partial charge in [-0.15, -0.1) is 11.8 Å². The lowest BCUT2D eigenvalue weighted by molar-refractivity contribution is -0.148. The van der Waals surface area contributed by atoms with Crippen molar-refractivity contribution in [2.45, 2.75) is 39.3 Å². The molecule has 2 fully saturated rings. The average Bonchev–Trinajstić information content (AvgIpc) is 3.05. The summed E-state index contributed by atoms with van der Waals surface area (Å²) in [4.78, 5) is 28.7. The molecule has 0 aromatic heterocycles. The Morgan fingerprint density at radius 2 is 2.05 bits per heavy atom. The summed E-state index contributed by atoms with van der Waals surface area (Å²) in [6.45, 7) is 7.54. The maximum atomic E-state index is 12.7. The van der Waals surface area contributed by atoms with E-state index in [2.05, 4.69) is 5.32 Å². The smallest absolute Gasteiger partial charge is 0.246 e. The molecule has 0 saturated carbocycles. The molecule has 2 unspecified atom stereocenters. The molecule has 5 nitrogen and oxygen atoms in total. The number of carbonyl (C=O) groups is 2. The van der Waals surface area contributed by atoms with Crippen LogP contribution in [-0.2, 0) is 9.59 Å². The van der Waals surface area contributed by atoms with Crippen LogP contribution in [0, 0.1) is 5.41 Å². The number of nitrogens with zero attached hydrogens (tertiary/aromatic N) is 2. The van der Waals surface area contributed by atoms with Crippen molar-refractivity contribution in [1.82, 2.24) is 15.1 Å². The molecule has 0 bridgehead atoms. The summed E-state index contributed by atoms with van der Waals surface area (Å²) >= 11 is 1.66. The quantitative estimate of drug-likeness (QED) is 0.818. The molecule has 2 amide bonds. The lowest BCUT2D eigenvalue weighted by Gasteiger charge is -2.33. The second kappa shape index (κ2) is 5.93. The number of hydrogen-bond acceptors (Lipinski definition) is 4. The first-order chi connectivity index (χ1) is 9.32. The summed E-state index contributed by atoms with van der Waals surface area (Å²) in [6, 6.07) is -0.0305. The fourth-order valence-corrected chi connectivity index (χ4v) is 3.81. The number of thioether (sulfide) groups is 1. The molecule has 20 heavy (non-hydrogen) atoms. The normalized spacial score (nSPS) is 26.9. The monoisotopic (exact) mass is 299 g/mol. The average molecular weight is 299 g/mol. The summed E-state index contributed by atoms with van der Waals surface area (Å²) in [5.41, 5.74) is -0.434. The van der Waals surface area contributed by atoms with Crippen molar-refractivity contribution in [3.63, 3.8) is 0 Å². The molecule has 6 heteroatoms. The highest BCUT2D eigenvalue weighted by Crippen LogP contribution is 2.28. The van der Waals surface area contributed by atoms with Crippen LogP contribution in [0.25, 0.3) is 0 Å². The van der Waals surface area contributed by atoms with Gasteiger partial charge in [-0.25, -0.2) is 0 Å². The summed E-state index contributed by atoms with van der Waals surface area (Å²) < 4.78 is 0. The number of hydrogen-bond donors (Lipinski definition) is 1. The van der Waals surface area contributed by atoms with Gasteiger partial charge in [0, 0.05) is 30.8 Å². The molecular weight excluding hydrogens is 274 g/mol. The summed E-state index contributed by atoms with van der Waals surface area (Å²) in [6.07, 6.45) is 0.995. The van der Waals surface area contributed by atoms with Gasteiger partial charge >= 0.3 is 0 Å². The predicted octanol–water partition coefficient (Wildman–Crippen LogP) is 0.754. The Hall–Kier alpha value is -0.750. The highest BCUT2D eigenvalue weighted by molar-refractivity contribution is 7.99. The molecule has 0 aromatic carbocycles. The number of likely N-dealkylation sites (N-methyl/N-ethyl adjacent to an activating group) is 1. The van der Waals surface area contributed by atoms with Gasteiger partial charge in [-0.1, -0.05) is 20.8 Å². The molecule has 0 spiro atoms. The third kappa shape index (κ3) is 3.11. The van der Waals surface area contributed by atoms with E-state index in [1.165, 1.54) is 0 Å². The van der Waals surface area contributed by atoms with Gasteiger partial charge in [0.15, 0.2) is 0 Å². The van der Waals surface area contributed by atoms with E-state index in [1.807, 2.05) is 32.7 Å². The van der Waals surface area contributed by atoms with Crippen molar-refractivity contribution in [3.05, 3.63) is 0 Å². The molecule has 2 saturated heterocycles. The Morgan fingerprint density at radius 1 is 1.35 bits per heavy atom. The third-order valence-corrected chi connectivity index (χ3v) is 5.01. The first-order valence-electron chi connectivity index (χ1n) is 7.18.